The van der Waals surface area contributed by atoms with Gasteiger partial charge < -0.3 is 15.1 Å². The molecular formula is C23H34N4O3. The fourth-order valence-corrected chi connectivity index (χ4v) is 4.15. The average Bonchev–Trinajstić information content (AvgIpc) is 2.78. The van der Waals surface area contributed by atoms with Gasteiger partial charge in [0.2, 0.25) is 11.8 Å². The molecule has 7 heteroatoms. The summed E-state index contributed by atoms with van der Waals surface area (Å²) in [6, 6.07) is 7.61. The summed E-state index contributed by atoms with van der Waals surface area (Å²) in [5, 5.41) is 2.90. The zero-order valence-corrected chi connectivity index (χ0v) is 18.2. The van der Waals surface area contributed by atoms with Gasteiger partial charge in [-0.15, -0.1) is 0 Å². The van der Waals surface area contributed by atoms with E-state index in [0.717, 1.165) is 24.8 Å². The lowest BCUT2D eigenvalue weighted by Gasteiger charge is -2.38. The highest BCUT2D eigenvalue weighted by Crippen LogP contribution is 2.21. The van der Waals surface area contributed by atoms with Crippen LogP contribution in [0, 0.1) is 12.8 Å². The molecule has 3 amide bonds. The Balaban J connectivity index is 1.49. The highest BCUT2D eigenvalue weighted by Gasteiger charge is 2.33. The highest BCUT2D eigenvalue weighted by atomic mass is 16.2. The van der Waals surface area contributed by atoms with Gasteiger partial charge in [-0.05, 0) is 38.3 Å². The maximum absolute atomic E-state index is 13.1. The van der Waals surface area contributed by atoms with E-state index in [1.807, 2.05) is 47.9 Å². The third-order valence-electron chi connectivity index (χ3n) is 5.98. The van der Waals surface area contributed by atoms with Gasteiger partial charge in [0.25, 0.3) is 5.91 Å². The van der Waals surface area contributed by atoms with Crippen LogP contribution in [0.1, 0.15) is 42.1 Å². The average molecular weight is 415 g/mol. The van der Waals surface area contributed by atoms with Crippen molar-refractivity contribution in [2.24, 2.45) is 5.92 Å². The second-order valence-corrected chi connectivity index (χ2v) is 8.41. The van der Waals surface area contributed by atoms with Crippen molar-refractivity contribution >= 4 is 17.7 Å². The maximum atomic E-state index is 13.1. The minimum Gasteiger partial charge on any atom is -0.355 e. The van der Waals surface area contributed by atoms with Crippen LogP contribution in [0.2, 0.25) is 0 Å². The van der Waals surface area contributed by atoms with Crippen LogP contribution in [-0.2, 0) is 9.59 Å². The van der Waals surface area contributed by atoms with Gasteiger partial charge in [-0.2, -0.15) is 0 Å². The van der Waals surface area contributed by atoms with Crippen molar-refractivity contribution < 1.29 is 14.4 Å². The number of rotatable bonds is 6. The molecule has 2 fully saturated rings. The van der Waals surface area contributed by atoms with Gasteiger partial charge in [0.05, 0.1) is 12.5 Å². The molecule has 1 N–H and O–H groups in total. The Morgan fingerprint density at radius 2 is 1.70 bits per heavy atom. The van der Waals surface area contributed by atoms with Crippen molar-refractivity contribution in [3.05, 3.63) is 35.4 Å². The summed E-state index contributed by atoms with van der Waals surface area (Å²) in [5.41, 5.74) is 1.81. The molecule has 0 saturated carbocycles. The Morgan fingerprint density at radius 3 is 2.37 bits per heavy atom. The number of hydrogen-bond donors (Lipinski definition) is 1. The van der Waals surface area contributed by atoms with Crippen LogP contribution in [0.5, 0.6) is 0 Å². The van der Waals surface area contributed by atoms with E-state index >= 15 is 0 Å². The summed E-state index contributed by atoms with van der Waals surface area (Å²) < 4.78 is 0. The van der Waals surface area contributed by atoms with Crippen molar-refractivity contribution in [1.29, 1.82) is 0 Å². The molecule has 164 valence electrons. The smallest absolute Gasteiger partial charge is 0.253 e. The van der Waals surface area contributed by atoms with E-state index in [1.165, 1.54) is 0 Å². The lowest BCUT2D eigenvalue weighted by atomic mass is 9.95. The zero-order valence-electron chi connectivity index (χ0n) is 18.2. The Labute approximate surface area is 179 Å². The normalized spacial score (nSPS) is 20.1. The largest absolute Gasteiger partial charge is 0.355 e. The predicted molar refractivity (Wildman–Crippen MR) is 116 cm³/mol. The molecule has 0 radical (unpaired) electrons. The van der Waals surface area contributed by atoms with Gasteiger partial charge in [0, 0.05) is 51.4 Å². The van der Waals surface area contributed by atoms with Crippen LogP contribution in [0.15, 0.2) is 24.3 Å². The summed E-state index contributed by atoms with van der Waals surface area (Å²) in [6.45, 7) is 9.04. The molecule has 0 aliphatic carbocycles. The van der Waals surface area contributed by atoms with Crippen molar-refractivity contribution in [2.45, 2.75) is 33.1 Å². The molecule has 7 nitrogen and oxygen atoms in total. The molecule has 2 heterocycles. The molecule has 1 aromatic rings. The molecule has 30 heavy (non-hydrogen) atoms. The molecular weight excluding hydrogens is 380 g/mol. The molecule has 0 spiro atoms. The fourth-order valence-electron chi connectivity index (χ4n) is 4.15. The Bertz CT molecular complexity index is 741. The summed E-state index contributed by atoms with van der Waals surface area (Å²) in [6.07, 6.45) is 2.61. The lowest BCUT2D eigenvalue weighted by Crippen LogP contribution is -2.54. The summed E-state index contributed by atoms with van der Waals surface area (Å²) in [7, 11) is 0. The molecule has 1 atom stereocenters. The third-order valence-corrected chi connectivity index (χ3v) is 5.98. The number of piperazine rings is 1. The molecule has 0 bridgehead atoms. The summed E-state index contributed by atoms with van der Waals surface area (Å²) in [5.74, 6) is 0.0728. The Morgan fingerprint density at radius 1 is 1.00 bits per heavy atom. The standard InChI is InChI=1S/C23H34N4O3/c1-3-10-24-21(28)17-25-12-14-26(15-13-25)23(30)20-5-4-11-27(16-20)22(29)19-8-6-18(2)7-9-19/h6-9,20H,3-5,10-17H2,1-2H3,(H,24,28). The summed E-state index contributed by atoms with van der Waals surface area (Å²) in [4.78, 5) is 43.6. The molecule has 1 unspecified atom stereocenters. The van der Waals surface area contributed by atoms with Gasteiger partial charge in [0.1, 0.15) is 0 Å². The first-order valence-corrected chi connectivity index (χ1v) is 11.1. The Hall–Kier alpha value is -2.41. The van der Waals surface area contributed by atoms with Crippen molar-refractivity contribution in [1.82, 2.24) is 20.0 Å². The van der Waals surface area contributed by atoms with Crippen LogP contribution in [0.4, 0.5) is 0 Å². The predicted octanol–water partition coefficient (Wildman–Crippen LogP) is 1.52. The van der Waals surface area contributed by atoms with E-state index in [-0.39, 0.29) is 23.6 Å². The molecule has 2 aliphatic heterocycles. The van der Waals surface area contributed by atoms with Crippen LogP contribution in [-0.4, -0.2) is 84.8 Å². The van der Waals surface area contributed by atoms with Crippen LogP contribution in [0.25, 0.3) is 0 Å². The van der Waals surface area contributed by atoms with Crippen LogP contribution >= 0.6 is 0 Å². The van der Waals surface area contributed by atoms with Gasteiger partial charge in [-0.25, -0.2) is 0 Å². The first kappa shape index (κ1) is 22.3. The van der Waals surface area contributed by atoms with Gasteiger partial charge in [0.15, 0.2) is 0 Å². The molecule has 0 aromatic heterocycles. The first-order chi connectivity index (χ1) is 14.5. The van der Waals surface area contributed by atoms with Crippen molar-refractivity contribution in [3.8, 4) is 0 Å². The number of piperidine rings is 1. The first-order valence-electron chi connectivity index (χ1n) is 11.1. The van der Waals surface area contributed by atoms with E-state index < -0.39 is 0 Å². The quantitative estimate of drug-likeness (QED) is 0.766. The van der Waals surface area contributed by atoms with Crippen LogP contribution < -0.4 is 5.32 Å². The van der Waals surface area contributed by atoms with E-state index in [2.05, 4.69) is 10.2 Å². The van der Waals surface area contributed by atoms with Crippen LogP contribution in [0.3, 0.4) is 0 Å². The fraction of sp³-hybridized carbons (Fsp3) is 0.609. The lowest BCUT2D eigenvalue weighted by molar-refractivity contribution is -0.138. The monoisotopic (exact) mass is 414 g/mol. The zero-order chi connectivity index (χ0) is 21.5. The number of nitrogens with one attached hydrogen (secondary N) is 1. The Kier molecular flexibility index (Phi) is 7.85. The molecule has 2 aliphatic rings. The molecule has 2 saturated heterocycles. The number of likely N-dealkylation sites (tertiary alicyclic amines) is 1. The molecule has 3 rings (SSSR count). The number of aryl methyl sites for hydroxylation is 1. The number of amides is 3. The minimum absolute atomic E-state index is 0.00964. The minimum atomic E-state index is -0.132. The van der Waals surface area contributed by atoms with Crippen molar-refractivity contribution in [2.75, 3.05) is 52.4 Å². The van der Waals surface area contributed by atoms with E-state index in [1.54, 1.807) is 0 Å². The number of benzene rings is 1. The third kappa shape index (κ3) is 5.81. The molecule has 1 aromatic carbocycles. The van der Waals surface area contributed by atoms with Gasteiger partial charge in [-0.3, -0.25) is 19.3 Å². The highest BCUT2D eigenvalue weighted by molar-refractivity contribution is 5.94. The second kappa shape index (κ2) is 10.6. The number of carbonyl (C=O) groups is 3. The second-order valence-electron chi connectivity index (χ2n) is 8.41. The summed E-state index contributed by atoms with van der Waals surface area (Å²) >= 11 is 0. The van der Waals surface area contributed by atoms with Gasteiger partial charge in [-0.1, -0.05) is 24.6 Å². The van der Waals surface area contributed by atoms with Crippen molar-refractivity contribution in [3.63, 3.8) is 0 Å². The maximum Gasteiger partial charge on any atom is 0.253 e. The van der Waals surface area contributed by atoms with E-state index in [4.69, 9.17) is 0 Å². The van der Waals surface area contributed by atoms with E-state index in [9.17, 15) is 14.4 Å². The topological polar surface area (TPSA) is 73.0 Å². The SMILES string of the molecule is CCCNC(=O)CN1CCN(C(=O)C2CCCN(C(=O)c3ccc(C)cc3)C2)CC1. The number of nitrogens with zero attached hydrogens (tertiary/aromatic N) is 3. The van der Waals surface area contributed by atoms with E-state index in [0.29, 0.717) is 57.9 Å². The number of carbonyl (C=O) groups excluding carboxylic acids is 3. The van der Waals surface area contributed by atoms with Gasteiger partial charge >= 0.3 is 0 Å². The number of hydrogen-bond acceptors (Lipinski definition) is 4.